The smallest absolute Gasteiger partial charge is 0.339 e. The van der Waals surface area contributed by atoms with E-state index >= 15 is 0 Å². The average molecular weight is 386 g/mol. The number of phenols is 1. The van der Waals surface area contributed by atoms with Gasteiger partial charge in [-0.2, -0.15) is 0 Å². The molecule has 3 rings (SSSR count). The van der Waals surface area contributed by atoms with E-state index in [1.807, 2.05) is 0 Å². The number of nitrogens with one attached hydrogen (secondary N) is 1. The second-order valence-corrected chi connectivity index (χ2v) is 7.09. The molecule has 0 spiro atoms. The molecule has 0 atom stereocenters. The molecule has 1 heterocycles. The van der Waals surface area contributed by atoms with Gasteiger partial charge in [-0.05, 0) is 54.6 Å². The first-order valence-electron chi connectivity index (χ1n) is 7.62. The zero-order valence-electron chi connectivity index (χ0n) is 13.7. The quantitative estimate of drug-likeness (QED) is 0.594. The maximum Gasteiger partial charge on any atom is 0.339 e. The minimum absolute atomic E-state index is 0.262. The summed E-state index contributed by atoms with van der Waals surface area (Å²) >= 11 is 0. The monoisotopic (exact) mass is 386 g/mol. The van der Waals surface area contributed by atoms with Crippen LogP contribution in [0.3, 0.4) is 0 Å². The summed E-state index contributed by atoms with van der Waals surface area (Å²) in [5.41, 5.74) is -0.239. The van der Waals surface area contributed by atoms with Crippen molar-refractivity contribution in [1.29, 1.82) is 0 Å². The van der Waals surface area contributed by atoms with Crippen LogP contribution in [-0.4, -0.2) is 29.6 Å². The lowest BCUT2D eigenvalue weighted by Gasteiger charge is -2.10. The van der Waals surface area contributed by atoms with Crippen molar-refractivity contribution in [1.82, 2.24) is 4.98 Å². The van der Waals surface area contributed by atoms with Gasteiger partial charge < -0.3 is 14.9 Å². The number of hydrogen-bond donors (Lipinski definition) is 3. The Bertz CT molecular complexity index is 1070. The summed E-state index contributed by atoms with van der Waals surface area (Å²) in [7, 11) is -4.03. The van der Waals surface area contributed by atoms with E-state index in [0.717, 1.165) is 18.2 Å². The van der Waals surface area contributed by atoms with E-state index in [-0.39, 0.29) is 10.6 Å². The summed E-state index contributed by atoms with van der Waals surface area (Å²) in [4.78, 5) is 14.7. The van der Waals surface area contributed by atoms with Crippen LogP contribution in [-0.2, 0) is 10.0 Å². The summed E-state index contributed by atoms with van der Waals surface area (Å²) < 4.78 is 32.8. The number of sulfonamides is 1. The molecule has 0 fully saturated rings. The highest BCUT2D eigenvalue weighted by atomic mass is 32.2. The number of anilines is 1. The molecule has 0 amide bonds. The molecule has 0 bridgehead atoms. The molecular formula is C18H14N2O6S. The Kier molecular flexibility index (Phi) is 4.95. The first-order chi connectivity index (χ1) is 12.8. The number of hydrogen-bond acceptors (Lipinski definition) is 6. The van der Waals surface area contributed by atoms with E-state index < -0.39 is 27.3 Å². The fourth-order valence-electron chi connectivity index (χ4n) is 2.20. The minimum Gasteiger partial charge on any atom is -0.507 e. The minimum atomic E-state index is -4.03. The van der Waals surface area contributed by atoms with Gasteiger partial charge >= 0.3 is 5.97 Å². The van der Waals surface area contributed by atoms with E-state index in [2.05, 4.69) is 9.71 Å². The second kappa shape index (κ2) is 7.34. The van der Waals surface area contributed by atoms with Crippen molar-refractivity contribution in [2.45, 2.75) is 4.90 Å². The van der Waals surface area contributed by atoms with Crippen molar-refractivity contribution in [3.8, 4) is 17.2 Å². The Labute approximate surface area is 154 Å². The highest BCUT2D eigenvalue weighted by Crippen LogP contribution is 2.25. The number of nitrogens with zero attached hydrogens (tertiary/aromatic N) is 1. The van der Waals surface area contributed by atoms with E-state index in [0.29, 0.717) is 11.5 Å². The molecule has 27 heavy (non-hydrogen) atoms. The fourth-order valence-corrected chi connectivity index (χ4v) is 3.29. The largest absolute Gasteiger partial charge is 0.507 e. The molecular weight excluding hydrogens is 372 g/mol. The number of benzene rings is 2. The number of ether oxygens (including phenoxy) is 1. The zero-order chi connectivity index (χ0) is 19.4. The maximum absolute atomic E-state index is 12.4. The van der Waals surface area contributed by atoms with Crippen LogP contribution in [0.4, 0.5) is 5.69 Å². The van der Waals surface area contributed by atoms with E-state index in [1.165, 1.54) is 12.1 Å². The fraction of sp³-hybridized carbons (Fsp3) is 0. The van der Waals surface area contributed by atoms with Crippen molar-refractivity contribution < 1.29 is 28.2 Å². The molecule has 2 aromatic carbocycles. The third kappa shape index (κ3) is 4.33. The van der Waals surface area contributed by atoms with Gasteiger partial charge in [-0.3, -0.25) is 9.71 Å². The van der Waals surface area contributed by atoms with Crippen molar-refractivity contribution in [2.75, 3.05) is 4.72 Å². The maximum atomic E-state index is 12.4. The van der Waals surface area contributed by atoms with Gasteiger partial charge in [-0.15, -0.1) is 0 Å². The number of pyridine rings is 1. The van der Waals surface area contributed by atoms with Crippen LogP contribution in [0, 0.1) is 0 Å². The van der Waals surface area contributed by atoms with Gasteiger partial charge in [0.15, 0.2) is 0 Å². The van der Waals surface area contributed by atoms with E-state index in [4.69, 9.17) is 9.84 Å². The molecule has 9 heteroatoms. The van der Waals surface area contributed by atoms with Crippen LogP contribution < -0.4 is 9.46 Å². The van der Waals surface area contributed by atoms with Crippen molar-refractivity contribution >= 4 is 21.7 Å². The Hall–Kier alpha value is -3.59. The van der Waals surface area contributed by atoms with Gasteiger partial charge in [0, 0.05) is 11.9 Å². The Morgan fingerprint density at radius 2 is 1.78 bits per heavy atom. The van der Waals surface area contributed by atoms with Gasteiger partial charge in [0.2, 0.25) is 0 Å². The van der Waals surface area contributed by atoms with E-state index in [1.54, 1.807) is 36.7 Å². The molecule has 0 saturated carbocycles. The number of aromatic hydroxyl groups is 1. The lowest BCUT2D eigenvalue weighted by Crippen LogP contribution is -2.13. The van der Waals surface area contributed by atoms with Crippen molar-refractivity contribution in [2.24, 2.45) is 0 Å². The Morgan fingerprint density at radius 1 is 1.04 bits per heavy atom. The predicted octanol–water partition coefficient (Wildman–Crippen LogP) is 3.08. The Balaban J connectivity index is 1.78. The summed E-state index contributed by atoms with van der Waals surface area (Å²) in [5, 5.41) is 18.5. The van der Waals surface area contributed by atoms with Crippen molar-refractivity contribution in [3.63, 3.8) is 0 Å². The van der Waals surface area contributed by atoms with Crippen LogP contribution in [0.5, 0.6) is 17.2 Å². The number of carboxylic acid groups (broad SMARTS) is 1. The molecule has 0 unspecified atom stereocenters. The summed E-state index contributed by atoms with van der Waals surface area (Å²) in [6.07, 6.45) is 3.16. The zero-order valence-corrected chi connectivity index (χ0v) is 14.6. The first kappa shape index (κ1) is 18.2. The van der Waals surface area contributed by atoms with Crippen LogP contribution in [0.2, 0.25) is 0 Å². The highest BCUT2D eigenvalue weighted by molar-refractivity contribution is 7.92. The molecule has 0 aliphatic heterocycles. The van der Waals surface area contributed by atoms with Crippen molar-refractivity contribution in [3.05, 3.63) is 72.6 Å². The summed E-state index contributed by atoms with van der Waals surface area (Å²) in [6, 6.07) is 12.6. The number of rotatable bonds is 6. The SMILES string of the molecule is O=C(O)c1cc(S(=O)(=O)Nc2ccc(Oc3cccnc3)cc2)ccc1O. The molecule has 3 N–H and O–H groups in total. The highest BCUT2D eigenvalue weighted by Gasteiger charge is 2.19. The van der Waals surface area contributed by atoms with Gasteiger partial charge in [-0.1, -0.05) is 0 Å². The van der Waals surface area contributed by atoms with Crippen LogP contribution in [0.1, 0.15) is 10.4 Å². The molecule has 0 radical (unpaired) electrons. The summed E-state index contributed by atoms with van der Waals surface area (Å²) in [5.74, 6) is -0.917. The van der Waals surface area contributed by atoms with Crippen LogP contribution in [0.25, 0.3) is 0 Å². The lowest BCUT2D eigenvalue weighted by molar-refractivity contribution is 0.0693. The topological polar surface area (TPSA) is 126 Å². The third-order valence-electron chi connectivity index (χ3n) is 3.49. The number of aromatic nitrogens is 1. The normalized spacial score (nSPS) is 11.0. The number of carbonyl (C=O) groups is 1. The molecule has 0 aliphatic rings. The second-order valence-electron chi connectivity index (χ2n) is 5.40. The van der Waals surface area contributed by atoms with Gasteiger partial charge in [0.05, 0.1) is 11.1 Å². The van der Waals surface area contributed by atoms with Gasteiger partial charge in [0.1, 0.15) is 22.8 Å². The molecule has 8 nitrogen and oxygen atoms in total. The van der Waals surface area contributed by atoms with Gasteiger partial charge in [0.25, 0.3) is 10.0 Å². The number of aromatic carboxylic acids is 1. The first-order valence-corrected chi connectivity index (χ1v) is 9.10. The average Bonchev–Trinajstić information content (AvgIpc) is 2.64. The molecule has 0 aliphatic carbocycles. The lowest BCUT2D eigenvalue weighted by atomic mass is 10.2. The molecule has 138 valence electrons. The molecule has 3 aromatic rings. The van der Waals surface area contributed by atoms with Gasteiger partial charge in [-0.25, -0.2) is 13.2 Å². The number of carboxylic acids is 1. The van der Waals surface area contributed by atoms with Crippen LogP contribution in [0.15, 0.2) is 71.9 Å². The van der Waals surface area contributed by atoms with E-state index in [9.17, 15) is 18.3 Å². The standard InChI is InChI=1S/C18H14N2O6S/c21-17-8-7-15(10-16(17)18(22)23)27(24,25)20-12-3-5-13(6-4-12)26-14-2-1-9-19-11-14/h1-11,20-21H,(H,22,23). The third-order valence-corrected chi connectivity index (χ3v) is 4.86. The summed E-state index contributed by atoms with van der Waals surface area (Å²) in [6.45, 7) is 0. The predicted molar refractivity (Wildman–Crippen MR) is 96.6 cm³/mol. The van der Waals surface area contributed by atoms with Crippen LogP contribution >= 0.6 is 0 Å². The molecule has 1 aromatic heterocycles. The molecule has 0 saturated heterocycles. The Morgan fingerprint density at radius 3 is 2.41 bits per heavy atom.